The van der Waals surface area contributed by atoms with E-state index in [1.807, 2.05) is 14.1 Å². The number of hydrogen-bond acceptors (Lipinski definition) is 8. The van der Waals surface area contributed by atoms with Crippen LogP contribution in [0.1, 0.15) is 6.42 Å². The number of aromatic amines is 1. The molecule has 9 nitrogen and oxygen atoms in total. The lowest BCUT2D eigenvalue weighted by Crippen LogP contribution is -2.33. The molecule has 1 aromatic rings. The number of aliphatic hydroxyl groups is 2. The number of H-pyrrole nitrogens is 1. The smallest absolute Gasteiger partial charge is 0.268 e. The van der Waals surface area contributed by atoms with E-state index >= 15 is 0 Å². The molecule has 0 bridgehead atoms. The first-order chi connectivity index (χ1) is 11.4. The van der Waals surface area contributed by atoms with Crippen LogP contribution in [0, 0.1) is 0 Å². The summed E-state index contributed by atoms with van der Waals surface area (Å²) in [4.78, 5) is 27.2. The van der Waals surface area contributed by atoms with Crippen LogP contribution in [0.5, 0.6) is 0 Å². The number of rotatable bonds is 4. The summed E-state index contributed by atoms with van der Waals surface area (Å²) in [6, 6.07) is 0. The number of thioether (sulfide) groups is 1. The summed E-state index contributed by atoms with van der Waals surface area (Å²) in [5.74, 6) is 0.570. The van der Waals surface area contributed by atoms with Gasteiger partial charge in [0, 0.05) is 20.5 Å². The molecule has 2 aliphatic rings. The predicted octanol–water partition coefficient (Wildman–Crippen LogP) is -0.157. The minimum Gasteiger partial charge on any atom is -0.394 e. The molecule has 0 saturated carbocycles. The van der Waals surface area contributed by atoms with E-state index in [2.05, 4.69) is 21.5 Å². The Labute approximate surface area is 142 Å². The second-order valence-corrected chi connectivity index (χ2v) is 6.81. The van der Waals surface area contributed by atoms with E-state index in [1.54, 1.807) is 9.80 Å². The van der Waals surface area contributed by atoms with Crippen molar-refractivity contribution in [2.24, 2.45) is 4.99 Å². The first-order valence-corrected chi connectivity index (χ1v) is 8.17. The number of hydrogen-bond donors (Lipinski definition) is 3. The van der Waals surface area contributed by atoms with Crippen LogP contribution < -0.4 is 10.5 Å². The van der Waals surface area contributed by atoms with Gasteiger partial charge in [0.2, 0.25) is 5.95 Å². The van der Waals surface area contributed by atoms with Crippen molar-refractivity contribution in [2.75, 3.05) is 25.6 Å². The molecule has 0 spiro atoms. The first kappa shape index (κ1) is 17.0. The van der Waals surface area contributed by atoms with Crippen LogP contribution in [-0.4, -0.2) is 70.6 Å². The zero-order chi connectivity index (χ0) is 17.4. The summed E-state index contributed by atoms with van der Waals surface area (Å²) in [6.07, 6.45) is -0.169. The highest BCUT2D eigenvalue weighted by Gasteiger charge is 2.42. The third kappa shape index (κ3) is 3.05. The third-order valence-corrected chi connectivity index (χ3v) is 4.65. The maximum Gasteiger partial charge on any atom is 0.268 e. The fourth-order valence-corrected chi connectivity index (χ4v) is 3.46. The van der Waals surface area contributed by atoms with Crippen molar-refractivity contribution in [1.29, 1.82) is 0 Å². The van der Waals surface area contributed by atoms with E-state index < -0.39 is 18.4 Å². The van der Waals surface area contributed by atoms with Crippen LogP contribution in [0.25, 0.3) is 0 Å². The zero-order valence-corrected chi connectivity index (χ0v) is 14.2. The van der Waals surface area contributed by atoms with Gasteiger partial charge in [-0.1, -0.05) is 18.3 Å². The van der Waals surface area contributed by atoms with Gasteiger partial charge in [0.1, 0.15) is 17.2 Å². The summed E-state index contributed by atoms with van der Waals surface area (Å²) in [6.45, 7) is 3.66. The standard InChI is InChI=1S/C14H19N5O4S/c1-7-19(10-4-8(21)9(5-20)23-10)12-11(24-7)13(22)17-14(16-12)15-6-18(2)3/h6,8-10,20-21H,1,4-5H2,2-3H3,(H,16,17,22)/t8-,9+,10+/m0/s1. The van der Waals surface area contributed by atoms with Gasteiger partial charge in [-0.25, -0.2) is 4.99 Å². The normalized spacial score (nSPS) is 26.4. The molecule has 1 saturated heterocycles. The molecule has 24 heavy (non-hydrogen) atoms. The minimum atomic E-state index is -0.782. The Morgan fingerprint density at radius 3 is 3.00 bits per heavy atom. The van der Waals surface area contributed by atoms with Crippen molar-refractivity contribution < 1.29 is 14.9 Å². The Morgan fingerprint density at radius 2 is 2.38 bits per heavy atom. The fraction of sp³-hybridized carbons (Fsp3) is 0.500. The molecule has 2 aliphatic heterocycles. The van der Waals surface area contributed by atoms with Crippen molar-refractivity contribution in [3.63, 3.8) is 0 Å². The summed E-state index contributed by atoms with van der Waals surface area (Å²) >= 11 is 1.19. The summed E-state index contributed by atoms with van der Waals surface area (Å²) < 4.78 is 5.66. The second kappa shape index (κ2) is 6.55. The van der Waals surface area contributed by atoms with Crippen LogP contribution >= 0.6 is 11.8 Å². The van der Waals surface area contributed by atoms with Gasteiger partial charge in [-0.3, -0.25) is 14.7 Å². The SMILES string of the molecule is C=C1Sc2c(nc(N=CN(C)C)[nH]c2=O)N1[C@H]1C[C@H](O)[C@@H](CO)O1. The molecule has 0 amide bonds. The van der Waals surface area contributed by atoms with Gasteiger partial charge in [0.05, 0.1) is 24.1 Å². The van der Waals surface area contributed by atoms with Crippen molar-refractivity contribution in [1.82, 2.24) is 14.9 Å². The van der Waals surface area contributed by atoms with E-state index in [1.165, 1.54) is 18.1 Å². The number of aliphatic imine (C=N–C) groups is 1. The lowest BCUT2D eigenvalue weighted by atomic mass is 10.2. The molecule has 0 unspecified atom stereocenters. The van der Waals surface area contributed by atoms with Crippen LogP contribution in [0.4, 0.5) is 11.8 Å². The van der Waals surface area contributed by atoms with Crippen LogP contribution in [0.3, 0.4) is 0 Å². The number of nitrogens with zero attached hydrogens (tertiary/aromatic N) is 4. The number of nitrogens with one attached hydrogen (secondary N) is 1. The van der Waals surface area contributed by atoms with Crippen molar-refractivity contribution in [3.8, 4) is 0 Å². The van der Waals surface area contributed by atoms with Gasteiger partial charge in [0.25, 0.3) is 5.56 Å². The van der Waals surface area contributed by atoms with Crippen LogP contribution in [0.2, 0.25) is 0 Å². The Hall–Kier alpha value is -1.88. The summed E-state index contributed by atoms with van der Waals surface area (Å²) in [7, 11) is 3.61. The number of ether oxygens (including phenoxy) is 1. The number of aliphatic hydroxyl groups excluding tert-OH is 2. The maximum atomic E-state index is 12.3. The van der Waals surface area contributed by atoms with Gasteiger partial charge < -0.3 is 19.8 Å². The van der Waals surface area contributed by atoms with E-state index in [0.717, 1.165) is 0 Å². The molecule has 1 aromatic heterocycles. The molecule has 130 valence electrons. The lowest BCUT2D eigenvalue weighted by Gasteiger charge is -2.25. The molecule has 10 heteroatoms. The fourth-order valence-electron chi connectivity index (χ4n) is 2.54. The summed E-state index contributed by atoms with van der Waals surface area (Å²) in [5, 5.41) is 19.8. The van der Waals surface area contributed by atoms with E-state index in [-0.39, 0.29) is 24.5 Å². The predicted molar refractivity (Wildman–Crippen MR) is 90.5 cm³/mol. The largest absolute Gasteiger partial charge is 0.394 e. The number of anilines is 1. The first-order valence-electron chi connectivity index (χ1n) is 7.36. The molecule has 3 rings (SSSR count). The lowest BCUT2D eigenvalue weighted by molar-refractivity contribution is -0.0204. The molecular formula is C14H19N5O4S. The molecule has 0 radical (unpaired) electrons. The minimum absolute atomic E-state index is 0.171. The van der Waals surface area contributed by atoms with Crippen LogP contribution in [-0.2, 0) is 4.74 Å². The highest BCUT2D eigenvalue weighted by atomic mass is 32.2. The van der Waals surface area contributed by atoms with Crippen molar-refractivity contribution >= 4 is 29.9 Å². The molecule has 0 aromatic carbocycles. The highest BCUT2D eigenvalue weighted by Crippen LogP contribution is 2.45. The quantitative estimate of drug-likeness (QED) is 0.505. The van der Waals surface area contributed by atoms with Gasteiger partial charge >= 0.3 is 0 Å². The average molecular weight is 353 g/mol. The van der Waals surface area contributed by atoms with Crippen molar-refractivity contribution in [2.45, 2.75) is 29.8 Å². The molecular weight excluding hydrogens is 334 g/mol. The summed E-state index contributed by atoms with van der Waals surface area (Å²) in [5.41, 5.74) is -0.309. The zero-order valence-electron chi connectivity index (χ0n) is 13.3. The highest BCUT2D eigenvalue weighted by molar-refractivity contribution is 8.03. The van der Waals surface area contributed by atoms with Gasteiger partial charge in [-0.2, -0.15) is 4.98 Å². The van der Waals surface area contributed by atoms with E-state index in [0.29, 0.717) is 15.7 Å². The topological polar surface area (TPSA) is 114 Å². The average Bonchev–Trinajstić information content (AvgIpc) is 3.04. The van der Waals surface area contributed by atoms with E-state index in [4.69, 9.17) is 4.74 Å². The third-order valence-electron chi connectivity index (χ3n) is 3.65. The van der Waals surface area contributed by atoms with Crippen molar-refractivity contribution in [3.05, 3.63) is 22.0 Å². The Bertz CT molecular complexity index is 734. The molecule has 1 fully saturated rings. The Kier molecular flexibility index (Phi) is 4.63. The molecule has 0 aliphatic carbocycles. The maximum absolute atomic E-state index is 12.3. The Morgan fingerprint density at radius 1 is 1.62 bits per heavy atom. The number of aromatic nitrogens is 2. The second-order valence-electron chi connectivity index (χ2n) is 5.73. The molecule has 3 heterocycles. The number of fused-ring (bicyclic) bond motifs is 1. The molecule has 3 N–H and O–H groups in total. The van der Waals surface area contributed by atoms with E-state index in [9.17, 15) is 15.0 Å². The monoisotopic (exact) mass is 353 g/mol. The van der Waals surface area contributed by atoms with Gasteiger partial charge in [-0.15, -0.1) is 0 Å². The molecule has 3 atom stereocenters. The van der Waals surface area contributed by atoms with Gasteiger partial charge in [-0.05, 0) is 0 Å². The Balaban J connectivity index is 1.95. The van der Waals surface area contributed by atoms with Gasteiger partial charge in [0.15, 0.2) is 5.82 Å². The van der Waals surface area contributed by atoms with Crippen LogP contribution in [0.15, 0.2) is 26.3 Å².